The first-order chi connectivity index (χ1) is 10.7. The number of carbonyl (C=O) groups excluding carboxylic acids is 2. The number of rotatable bonds is 1. The molecule has 0 unspecified atom stereocenters. The van der Waals surface area contributed by atoms with Crippen LogP contribution in [0.5, 0.6) is 0 Å². The van der Waals surface area contributed by atoms with Crippen LogP contribution in [0.4, 0.5) is 4.79 Å². The van der Waals surface area contributed by atoms with Crippen molar-refractivity contribution in [3.63, 3.8) is 0 Å². The maximum atomic E-state index is 12.5. The van der Waals surface area contributed by atoms with E-state index in [9.17, 15) is 9.59 Å². The number of nitrogens with zero attached hydrogens (tertiary/aromatic N) is 3. The molecular formula is C15H19Cl2N3O3. The van der Waals surface area contributed by atoms with Crippen molar-refractivity contribution < 1.29 is 14.3 Å². The van der Waals surface area contributed by atoms with Crippen molar-refractivity contribution in [3.8, 4) is 0 Å². The summed E-state index contributed by atoms with van der Waals surface area (Å²) in [6.07, 6.45) is -0.361. The van der Waals surface area contributed by atoms with E-state index >= 15 is 0 Å². The van der Waals surface area contributed by atoms with E-state index in [4.69, 9.17) is 27.9 Å². The molecule has 0 aliphatic carbocycles. The van der Waals surface area contributed by atoms with Crippen molar-refractivity contribution in [1.29, 1.82) is 0 Å². The number of hydrogen-bond acceptors (Lipinski definition) is 4. The van der Waals surface area contributed by atoms with Gasteiger partial charge in [-0.25, -0.2) is 9.78 Å². The molecule has 1 aromatic rings. The standard InChI is InChI=1S/C15H19Cl2N3O3/c1-15(2,3)23-14(22)20-6-4-19(5-7-20)13(21)10-8-11(16)18-12(17)9-10/h8-9H,4-7H2,1-3H3. The third-order valence-electron chi connectivity index (χ3n) is 3.23. The van der Waals surface area contributed by atoms with E-state index in [-0.39, 0.29) is 22.3 Å². The highest BCUT2D eigenvalue weighted by molar-refractivity contribution is 6.33. The number of pyridine rings is 1. The zero-order valence-electron chi connectivity index (χ0n) is 13.3. The molecule has 0 radical (unpaired) electrons. The zero-order chi connectivity index (χ0) is 17.2. The van der Waals surface area contributed by atoms with Gasteiger partial charge in [-0.2, -0.15) is 0 Å². The quantitative estimate of drug-likeness (QED) is 0.722. The lowest BCUT2D eigenvalue weighted by Crippen LogP contribution is -2.51. The molecule has 0 N–H and O–H groups in total. The number of carbonyl (C=O) groups is 2. The maximum absolute atomic E-state index is 12.5. The Bertz CT molecular complexity index is 588. The fourth-order valence-electron chi connectivity index (χ4n) is 2.19. The van der Waals surface area contributed by atoms with Gasteiger partial charge in [-0.15, -0.1) is 0 Å². The Morgan fingerprint density at radius 3 is 2.00 bits per heavy atom. The highest BCUT2D eigenvalue weighted by Crippen LogP contribution is 2.18. The van der Waals surface area contributed by atoms with Crippen molar-refractivity contribution >= 4 is 35.2 Å². The van der Waals surface area contributed by atoms with Crippen molar-refractivity contribution in [2.45, 2.75) is 26.4 Å². The first kappa shape index (κ1) is 17.8. The van der Waals surface area contributed by atoms with E-state index in [2.05, 4.69) is 4.98 Å². The highest BCUT2D eigenvalue weighted by Gasteiger charge is 2.28. The first-order valence-electron chi connectivity index (χ1n) is 7.26. The average Bonchev–Trinajstić information content (AvgIpc) is 2.44. The molecule has 1 fully saturated rings. The van der Waals surface area contributed by atoms with Gasteiger partial charge < -0.3 is 14.5 Å². The molecule has 23 heavy (non-hydrogen) atoms. The van der Waals surface area contributed by atoms with Gasteiger partial charge in [0, 0.05) is 31.7 Å². The van der Waals surface area contributed by atoms with Gasteiger partial charge in [0.15, 0.2) is 0 Å². The molecule has 0 bridgehead atoms. The third-order valence-corrected chi connectivity index (χ3v) is 3.62. The second-order valence-corrected chi connectivity index (χ2v) is 7.04. The maximum Gasteiger partial charge on any atom is 0.410 e. The van der Waals surface area contributed by atoms with Gasteiger partial charge in [0.2, 0.25) is 0 Å². The van der Waals surface area contributed by atoms with Crippen LogP contribution in [0.1, 0.15) is 31.1 Å². The number of ether oxygens (including phenoxy) is 1. The average molecular weight is 360 g/mol. The van der Waals surface area contributed by atoms with Crippen LogP contribution < -0.4 is 0 Å². The number of amides is 2. The summed E-state index contributed by atoms with van der Waals surface area (Å²) in [5.74, 6) is -0.181. The molecule has 0 aromatic carbocycles. The summed E-state index contributed by atoms with van der Waals surface area (Å²) >= 11 is 11.6. The summed E-state index contributed by atoms with van der Waals surface area (Å²) in [4.78, 5) is 31.5. The molecule has 1 aromatic heterocycles. The summed E-state index contributed by atoms with van der Waals surface area (Å²) in [5.41, 5.74) is -0.144. The van der Waals surface area contributed by atoms with Crippen LogP contribution in [0.3, 0.4) is 0 Å². The summed E-state index contributed by atoms with van der Waals surface area (Å²) in [6.45, 7) is 7.16. The summed E-state index contributed by atoms with van der Waals surface area (Å²) in [5, 5.41) is 0.349. The van der Waals surface area contributed by atoms with Gasteiger partial charge in [-0.1, -0.05) is 23.2 Å². The summed E-state index contributed by atoms with van der Waals surface area (Å²) in [7, 11) is 0. The van der Waals surface area contributed by atoms with E-state index in [1.54, 1.807) is 9.80 Å². The number of aromatic nitrogens is 1. The lowest BCUT2D eigenvalue weighted by Gasteiger charge is -2.35. The van der Waals surface area contributed by atoms with Gasteiger partial charge in [0.1, 0.15) is 15.9 Å². The highest BCUT2D eigenvalue weighted by atomic mass is 35.5. The van der Waals surface area contributed by atoms with Crippen molar-refractivity contribution in [2.75, 3.05) is 26.2 Å². The van der Waals surface area contributed by atoms with Crippen molar-refractivity contribution in [3.05, 3.63) is 28.0 Å². The second-order valence-electron chi connectivity index (χ2n) is 6.26. The molecule has 6 nitrogen and oxygen atoms in total. The number of halogens is 2. The van der Waals surface area contributed by atoms with E-state index in [0.29, 0.717) is 31.7 Å². The van der Waals surface area contributed by atoms with Gasteiger partial charge >= 0.3 is 6.09 Å². The fourth-order valence-corrected chi connectivity index (χ4v) is 2.65. The molecule has 0 atom stereocenters. The Labute approximate surface area is 145 Å². The SMILES string of the molecule is CC(C)(C)OC(=O)N1CCN(C(=O)c2cc(Cl)nc(Cl)c2)CC1. The lowest BCUT2D eigenvalue weighted by atomic mass is 10.2. The van der Waals surface area contributed by atoms with E-state index < -0.39 is 5.60 Å². The predicted molar refractivity (Wildman–Crippen MR) is 88.0 cm³/mol. The minimum atomic E-state index is -0.533. The Morgan fingerprint density at radius 2 is 1.52 bits per heavy atom. The molecule has 2 rings (SSSR count). The van der Waals surface area contributed by atoms with Crippen molar-refractivity contribution in [2.24, 2.45) is 0 Å². The van der Waals surface area contributed by atoms with Crippen LogP contribution in [-0.2, 0) is 4.74 Å². The number of piperazine rings is 1. The van der Waals surface area contributed by atoms with Crippen LogP contribution in [-0.4, -0.2) is 58.6 Å². The third kappa shape index (κ3) is 4.97. The van der Waals surface area contributed by atoms with Crippen LogP contribution in [0, 0.1) is 0 Å². The molecule has 126 valence electrons. The molecular weight excluding hydrogens is 341 g/mol. The van der Waals surface area contributed by atoms with E-state index in [1.807, 2.05) is 20.8 Å². The second kappa shape index (κ2) is 6.93. The molecule has 0 saturated carbocycles. The molecule has 8 heteroatoms. The molecule has 2 heterocycles. The minimum absolute atomic E-state index is 0.174. The van der Waals surface area contributed by atoms with Gasteiger partial charge in [0.05, 0.1) is 0 Å². The summed E-state index contributed by atoms with van der Waals surface area (Å²) in [6, 6.07) is 2.96. The normalized spacial score (nSPS) is 15.5. The Morgan fingerprint density at radius 1 is 1.04 bits per heavy atom. The molecule has 1 aliphatic rings. The van der Waals surface area contributed by atoms with Crippen LogP contribution in [0.2, 0.25) is 10.3 Å². The summed E-state index contributed by atoms with van der Waals surface area (Å²) < 4.78 is 5.33. The minimum Gasteiger partial charge on any atom is -0.444 e. The smallest absolute Gasteiger partial charge is 0.410 e. The fraction of sp³-hybridized carbons (Fsp3) is 0.533. The zero-order valence-corrected chi connectivity index (χ0v) is 14.8. The first-order valence-corrected chi connectivity index (χ1v) is 8.01. The van der Waals surface area contributed by atoms with Crippen LogP contribution in [0.25, 0.3) is 0 Å². The molecule has 1 saturated heterocycles. The molecule has 0 spiro atoms. The monoisotopic (exact) mass is 359 g/mol. The van der Waals surface area contributed by atoms with Crippen LogP contribution >= 0.6 is 23.2 Å². The van der Waals surface area contributed by atoms with Gasteiger partial charge in [0.25, 0.3) is 5.91 Å². The van der Waals surface area contributed by atoms with Crippen molar-refractivity contribution in [1.82, 2.24) is 14.8 Å². The van der Waals surface area contributed by atoms with Gasteiger partial charge in [-0.05, 0) is 32.9 Å². The Hall–Kier alpha value is -1.53. The van der Waals surface area contributed by atoms with E-state index in [1.165, 1.54) is 12.1 Å². The van der Waals surface area contributed by atoms with E-state index in [0.717, 1.165) is 0 Å². The molecule has 1 aliphatic heterocycles. The molecule has 2 amide bonds. The Kier molecular flexibility index (Phi) is 5.37. The largest absolute Gasteiger partial charge is 0.444 e. The lowest BCUT2D eigenvalue weighted by molar-refractivity contribution is 0.0141. The van der Waals surface area contributed by atoms with Gasteiger partial charge in [-0.3, -0.25) is 4.79 Å². The predicted octanol–water partition coefficient (Wildman–Crippen LogP) is 3.08. The topological polar surface area (TPSA) is 62.7 Å². The Balaban J connectivity index is 1.96. The van der Waals surface area contributed by atoms with Crippen LogP contribution in [0.15, 0.2) is 12.1 Å². The number of hydrogen-bond donors (Lipinski definition) is 0.